The predicted molar refractivity (Wildman–Crippen MR) is 122 cm³/mol. The number of likely N-dealkylation sites (tertiary alicyclic amines) is 1. The number of piperidine rings is 1. The van der Waals surface area contributed by atoms with Crippen molar-refractivity contribution in [2.75, 3.05) is 13.1 Å². The average molecular weight is 438 g/mol. The van der Waals surface area contributed by atoms with Crippen LogP contribution in [0.15, 0.2) is 29.6 Å². The normalized spacial score (nSPS) is 20.6. The maximum Gasteiger partial charge on any atom is 0.270 e. The summed E-state index contributed by atoms with van der Waals surface area (Å²) in [4.78, 5) is 32.3. The fourth-order valence-electron chi connectivity index (χ4n) is 5.45. The van der Waals surface area contributed by atoms with Gasteiger partial charge in [0.15, 0.2) is 0 Å². The monoisotopic (exact) mass is 437 g/mol. The van der Waals surface area contributed by atoms with Crippen LogP contribution in [0.25, 0.3) is 0 Å². The van der Waals surface area contributed by atoms with Gasteiger partial charge < -0.3 is 10.2 Å². The molecular formula is C25H31N3O2S. The molecule has 31 heavy (non-hydrogen) atoms. The Morgan fingerprint density at radius 2 is 1.65 bits per heavy atom. The van der Waals surface area contributed by atoms with Crippen molar-refractivity contribution in [3.63, 3.8) is 0 Å². The highest BCUT2D eigenvalue weighted by Crippen LogP contribution is 2.33. The van der Waals surface area contributed by atoms with Gasteiger partial charge in [-0.3, -0.25) is 9.59 Å². The molecule has 1 N–H and O–H groups in total. The second kappa shape index (κ2) is 9.11. The molecule has 1 aromatic carbocycles. The van der Waals surface area contributed by atoms with Crippen molar-refractivity contribution in [1.82, 2.24) is 15.2 Å². The Morgan fingerprint density at radius 1 is 0.968 bits per heavy atom. The number of hydrogen-bond acceptors (Lipinski definition) is 4. The first-order valence-electron chi connectivity index (χ1n) is 11.8. The molecular weight excluding hydrogens is 406 g/mol. The first-order valence-corrected chi connectivity index (χ1v) is 12.7. The zero-order valence-corrected chi connectivity index (χ0v) is 18.8. The molecule has 0 bridgehead atoms. The fourth-order valence-corrected chi connectivity index (χ4v) is 6.43. The molecule has 2 aliphatic carbocycles. The van der Waals surface area contributed by atoms with Crippen LogP contribution in [-0.2, 0) is 17.6 Å². The minimum atomic E-state index is -0.0646. The van der Waals surface area contributed by atoms with Crippen LogP contribution in [0, 0.1) is 5.92 Å². The Morgan fingerprint density at radius 3 is 2.32 bits per heavy atom. The molecule has 0 atom stereocenters. The number of benzene rings is 1. The molecule has 0 unspecified atom stereocenters. The first kappa shape index (κ1) is 20.7. The summed E-state index contributed by atoms with van der Waals surface area (Å²) < 4.78 is 0. The van der Waals surface area contributed by atoms with Gasteiger partial charge in [0, 0.05) is 36.3 Å². The number of amides is 2. The van der Waals surface area contributed by atoms with Gasteiger partial charge in [-0.25, -0.2) is 4.98 Å². The lowest BCUT2D eigenvalue weighted by Crippen LogP contribution is -2.41. The van der Waals surface area contributed by atoms with Crippen molar-refractivity contribution < 1.29 is 9.59 Å². The SMILES string of the molecule is O=C(NC1Cc2ccccc2C1)c1csc(C2CCN(C(=O)C3CCCCC3)CC2)n1. The van der Waals surface area contributed by atoms with Gasteiger partial charge in [0.2, 0.25) is 5.91 Å². The number of thiazole rings is 1. The zero-order chi connectivity index (χ0) is 21.2. The lowest BCUT2D eigenvalue weighted by Gasteiger charge is -2.34. The molecule has 2 aromatic rings. The van der Waals surface area contributed by atoms with E-state index in [9.17, 15) is 9.59 Å². The third-order valence-corrected chi connectivity index (χ3v) is 8.26. The summed E-state index contributed by atoms with van der Waals surface area (Å²) in [7, 11) is 0. The Kier molecular flexibility index (Phi) is 6.08. The van der Waals surface area contributed by atoms with Crippen molar-refractivity contribution in [2.24, 2.45) is 5.92 Å². The van der Waals surface area contributed by atoms with Crippen LogP contribution in [0.1, 0.15) is 77.5 Å². The summed E-state index contributed by atoms with van der Waals surface area (Å²) in [6, 6.07) is 8.57. The number of nitrogens with zero attached hydrogens (tertiary/aromatic N) is 2. The van der Waals surface area contributed by atoms with Crippen molar-refractivity contribution in [1.29, 1.82) is 0 Å². The van der Waals surface area contributed by atoms with E-state index >= 15 is 0 Å². The lowest BCUT2D eigenvalue weighted by atomic mass is 9.87. The summed E-state index contributed by atoms with van der Waals surface area (Å²) in [6.07, 6.45) is 9.49. The number of rotatable bonds is 4. The van der Waals surface area contributed by atoms with Gasteiger partial charge in [0.1, 0.15) is 5.69 Å². The molecule has 0 radical (unpaired) electrons. The molecule has 2 heterocycles. The van der Waals surface area contributed by atoms with Crippen LogP contribution in [-0.4, -0.2) is 40.8 Å². The molecule has 1 aromatic heterocycles. The van der Waals surface area contributed by atoms with E-state index in [0.29, 0.717) is 17.5 Å². The van der Waals surface area contributed by atoms with Crippen LogP contribution in [0.5, 0.6) is 0 Å². The molecule has 0 spiro atoms. The molecule has 6 heteroatoms. The minimum absolute atomic E-state index is 0.0646. The van der Waals surface area contributed by atoms with E-state index < -0.39 is 0 Å². The summed E-state index contributed by atoms with van der Waals surface area (Å²) in [5.74, 6) is 0.917. The standard InChI is InChI=1S/C25H31N3O2S/c29-23(26-21-14-19-8-4-5-9-20(19)15-21)22-16-31-24(27-22)17-10-12-28(13-11-17)25(30)18-6-2-1-3-7-18/h4-5,8-9,16-18,21H,1-3,6-7,10-15H2,(H,26,29). The summed E-state index contributed by atoms with van der Waals surface area (Å²) in [6.45, 7) is 1.64. The average Bonchev–Trinajstić information content (AvgIpc) is 3.46. The van der Waals surface area contributed by atoms with Crippen LogP contribution >= 0.6 is 11.3 Å². The van der Waals surface area contributed by atoms with E-state index in [-0.39, 0.29) is 17.9 Å². The van der Waals surface area contributed by atoms with Gasteiger partial charge in [0.05, 0.1) is 5.01 Å². The molecule has 164 valence electrons. The van der Waals surface area contributed by atoms with Gasteiger partial charge in [0.25, 0.3) is 5.91 Å². The number of fused-ring (bicyclic) bond motifs is 1. The number of carbonyl (C=O) groups excluding carboxylic acids is 2. The highest BCUT2D eigenvalue weighted by molar-refractivity contribution is 7.09. The molecule has 1 saturated heterocycles. The summed E-state index contributed by atoms with van der Waals surface area (Å²) >= 11 is 1.59. The number of nitrogens with one attached hydrogen (secondary N) is 1. The van der Waals surface area contributed by atoms with Crippen LogP contribution < -0.4 is 5.32 Å². The van der Waals surface area contributed by atoms with E-state index in [1.165, 1.54) is 30.4 Å². The lowest BCUT2D eigenvalue weighted by molar-refractivity contribution is -0.137. The molecule has 2 fully saturated rings. The maximum absolute atomic E-state index is 12.8. The minimum Gasteiger partial charge on any atom is -0.347 e. The van der Waals surface area contributed by atoms with Gasteiger partial charge in [-0.05, 0) is 49.7 Å². The molecule has 1 saturated carbocycles. The van der Waals surface area contributed by atoms with Crippen LogP contribution in [0.3, 0.4) is 0 Å². The quantitative estimate of drug-likeness (QED) is 0.775. The second-order valence-corrected chi connectivity index (χ2v) is 10.2. The van der Waals surface area contributed by atoms with Crippen LogP contribution in [0.4, 0.5) is 0 Å². The Labute approximate surface area is 188 Å². The van der Waals surface area contributed by atoms with Crippen molar-refractivity contribution in [2.45, 2.75) is 69.7 Å². The van der Waals surface area contributed by atoms with E-state index in [0.717, 1.165) is 56.6 Å². The summed E-state index contributed by atoms with van der Waals surface area (Å²) in [5, 5.41) is 6.11. The molecule has 3 aliphatic rings. The topological polar surface area (TPSA) is 62.3 Å². The molecule has 2 amide bonds. The molecule has 5 rings (SSSR count). The molecule has 1 aliphatic heterocycles. The largest absolute Gasteiger partial charge is 0.347 e. The summed E-state index contributed by atoms with van der Waals surface area (Å²) in [5.41, 5.74) is 3.21. The van der Waals surface area contributed by atoms with E-state index in [4.69, 9.17) is 0 Å². The van der Waals surface area contributed by atoms with Gasteiger partial charge in [-0.15, -0.1) is 11.3 Å². The Hall–Kier alpha value is -2.21. The fraction of sp³-hybridized carbons (Fsp3) is 0.560. The Bertz CT molecular complexity index is 917. The highest BCUT2D eigenvalue weighted by Gasteiger charge is 2.31. The maximum atomic E-state index is 12.8. The third-order valence-electron chi connectivity index (χ3n) is 7.25. The number of carbonyl (C=O) groups is 2. The second-order valence-electron chi connectivity index (χ2n) is 9.35. The predicted octanol–water partition coefficient (Wildman–Crippen LogP) is 4.33. The van der Waals surface area contributed by atoms with Crippen molar-refractivity contribution >= 4 is 23.2 Å². The highest BCUT2D eigenvalue weighted by atomic mass is 32.1. The van der Waals surface area contributed by atoms with Crippen molar-refractivity contribution in [3.8, 4) is 0 Å². The van der Waals surface area contributed by atoms with Gasteiger partial charge in [-0.1, -0.05) is 43.5 Å². The van der Waals surface area contributed by atoms with E-state index in [2.05, 4.69) is 39.5 Å². The smallest absolute Gasteiger partial charge is 0.270 e. The van der Waals surface area contributed by atoms with E-state index in [1.807, 2.05) is 5.38 Å². The van der Waals surface area contributed by atoms with E-state index in [1.54, 1.807) is 11.3 Å². The van der Waals surface area contributed by atoms with Gasteiger partial charge in [-0.2, -0.15) is 0 Å². The van der Waals surface area contributed by atoms with Gasteiger partial charge >= 0.3 is 0 Å². The van der Waals surface area contributed by atoms with Crippen LogP contribution in [0.2, 0.25) is 0 Å². The van der Waals surface area contributed by atoms with Crippen molar-refractivity contribution in [3.05, 3.63) is 51.5 Å². The Balaban J connectivity index is 1.13. The number of hydrogen-bond donors (Lipinski definition) is 1. The first-order chi connectivity index (χ1) is 15.2. The third kappa shape index (κ3) is 4.54. The molecule has 5 nitrogen and oxygen atoms in total. The zero-order valence-electron chi connectivity index (χ0n) is 18.0. The number of aromatic nitrogens is 1.